The SMILES string of the molecule is COCC(COC)c1nc2cc(-c3noc(=O)[nH]3)nc(-c3cncc(Cl)c3)c2n1CCC1CCC(C)CC1. The van der Waals surface area contributed by atoms with Gasteiger partial charge in [-0.15, -0.1) is 0 Å². The van der Waals surface area contributed by atoms with Crippen LogP contribution in [-0.4, -0.2) is 57.1 Å². The van der Waals surface area contributed by atoms with E-state index in [-0.39, 0.29) is 11.7 Å². The monoisotopic (exact) mass is 540 g/mol. The molecule has 4 heterocycles. The van der Waals surface area contributed by atoms with Crippen LogP contribution in [-0.2, 0) is 16.0 Å². The Labute approximate surface area is 225 Å². The minimum atomic E-state index is -0.652. The summed E-state index contributed by atoms with van der Waals surface area (Å²) in [5.74, 6) is 1.84. The number of fused-ring (bicyclic) bond motifs is 1. The summed E-state index contributed by atoms with van der Waals surface area (Å²) in [5.41, 5.74) is 3.43. The molecule has 0 unspecified atom stereocenters. The lowest BCUT2D eigenvalue weighted by atomic mass is 9.81. The first-order chi connectivity index (χ1) is 18.5. The van der Waals surface area contributed by atoms with Crippen molar-refractivity contribution in [2.24, 2.45) is 11.8 Å². The zero-order valence-electron chi connectivity index (χ0n) is 21.9. The number of aromatic nitrogens is 6. The normalized spacial score (nSPS) is 18.0. The topological polar surface area (TPSA) is 121 Å². The van der Waals surface area contributed by atoms with Crippen LogP contribution in [0.4, 0.5) is 0 Å². The molecule has 0 aliphatic heterocycles. The maximum Gasteiger partial charge on any atom is 0.439 e. The Balaban J connectivity index is 1.69. The summed E-state index contributed by atoms with van der Waals surface area (Å²) in [6.45, 7) is 4.05. The molecule has 4 aromatic rings. The second kappa shape index (κ2) is 11.8. The number of hydrogen-bond donors (Lipinski definition) is 1. The van der Waals surface area contributed by atoms with E-state index < -0.39 is 5.76 Å². The Kier molecular flexibility index (Phi) is 8.21. The average Bonchev–Trinajstić information content (AvgIpc) is 3.51. The van der Waals surface area contributed by atoms with Crippen molar-refractivity contribution in [2.75, 3.05) is 27.4 Å². The minimum Gasteiger partial charge on any atom is -0.384 e. The van der Waals surface area contributed by atoms with E-state index in [9.17, 15) is 4.79 Å². The average molecular weight is 541 g/mol. The Morgan fingerprint density at radius 1 is 1.13 bits per heavy atom. The zero-order chi connectivity index (χ0) is 26.6. The molecule has 0 saturated heterocycles. The highest BCUT2D eigenvalue weighted by atomic mass is 35.5. The first kappa shape index (κ1) is 26.5. The van der Waals surface area contributed by atoms with E-state index in [0.717, 1.165) is 41.3 Å². The number of halogens is 1. The molecule has 0 aromatic carbocycles. The van der Waals surface area contributed by atoms with E-state index in [1.165, 1.54) is 25.7 Å². The standard InChI is InChI=1S/C27H33ClN6O4/c1-16-4-6-17(7-5-16)8-9-34-24-21(31-26(34)19(14-36-2)15-37-3)11-22(25-32-27(35)38-33-25)30-23(24)18-10-20(28)13-29-12-18/h10-13,16-17,19H,4-9,14-15H2,1-3H3,(H,32,33,35). The molecule has 11 heteroatoms. The number of ether oxygens (including phenoxy) is 2. The van der Waals surface area contributed by atoms with Crippen LogP contribution in [0.5, 0.6) is 0 Å². The van der Waals surface area contributed by atoms with Crippen molar-refractivity contribution < 1.29 is 14.0 Å². The van der Waals surface area contributed by atoms with Gasteiger partial charge in [0.15, 0.2) is 0 Å². The first-order valence-corrected chi connectivity index (χ1v) is 13.4. The van der Waals surface area contributed by atoms with Crippen molar-refractivity contribution in [3.05, 3.63) is 45.9 Å². The van der Waals surface area contributed by atoms with E-state index in [0.29, 0.717) is 35.5 Å². The number of aromatic amines is 1. The van der Waals surface area contributed by atoms with E-state index >= 15 is 0 Å². The number of H-pyrrole nitrogens is 1. The molecule has 4 aromatic heterocycles. The van der Waals surface area contributed by atoms with E-state index in [4.69, 9.17) is 35.6 Å². The van der Waals surface area contributed by atoms with Crippen molar-refractivity contribution in [1.82, 2.24) is 29.7 Å². The predicted molar refractivity (Wildman–Crippen MR) is 144 cm³/mol. The molecule has 1 aliphatic rings. The molecule has 0 bridgehead atoms. The molecule has 0 amide bonds. The maximum atomic E-state index is 11.7. The quantitative estimate of drug-likeness (QED) is 0.295. The van der Waals surface area contributed by atoms with Gasteiger partial charge in [-0.05, 0) is 30.4 Å². The van der Waals surface area contributed by atoms with Crippen molar-refractivity contribution in [2.45, 2.75) is 51.5 Å². The smallest absolute Gasteiger partial charge is 0.384 e. The highest BCUT2D eigenvalue weighted by Crippen LogP contribution is 2.36. The van der Waals surface area contributed by atoms with Gasteiger partial charge in [-0.3, -0.25) is 14.5 Å². The third kappa shape index (κ3) is 5.67. The van der Waals surface area contributed by atoms with Gasteiger partial charge in [0.2, 0.25) is 5.82 Å². The molecule has 0 spiro atoms. The third-order valence-corrected chi connectivity index (χ3v) is 7.62. The minimum absolute atomic E-state index is 0.0792. The number of hydrogen-bond acceptors (Lipinski definition) is 8. The van der Waals surface area contributed by atoms with Crippen LogP contribution < -0.4 is 5.76 Å². The highest BCUT2D eigenvalue weighted by Gasteiger charge is 2.26. The molecule has 10 nitrogen and oxygen atoms in total. The predicted octanol–water partition coefficient (Wildman–Crippen LogP) is 5.08. The second-order valence-electron chi connectivity index (χ2n) is 10.2. The van der Waals surface area contributed by atoms with Gasteiger partial charge < -0.3 is 14.0 Å². The summed E-state index contributed by atoms with van der Waals surface area (Å²) in [6.07, 6.45) is 9.40. The lowest BCUT2D eigenvalue weighted by Crippen LogP contribution is -2.20. The van der Waals surface area contributed by atoms with Gasteiger partial charge in [0.05, 0.1) is 40.9 Å². The fourth-order valence-corrected chi connectivity index (χ4v) is 5.62. The van der Waals surface area contributed by atoms with E-state index in [2.05, 4.69) is 26.6 Å². The molecule has 1 saturated carbocycles. The largest absolute Gasteiger partial charge is 0.439 e. The Morgan fingerprint density at radius 3 is 2.55 bits per heavy atom. The van der Waals surface area contributed by atoms with Crippen molar-refractivity contribution >= 4 is 22.6 Å². The number of rotatable bonds is 10. The molecular weight excluding hydrogens is 508 g/mol. The molecule has 202 valence electrons. The summed E-state index contributed by atoms with van der Waals surface area (Å²) in [6, 6.07) is 3.65. The van der Waals surface area contributed by atoms with Gasteiger partial charge in [0.1, 0.15) is 11.5 Å². The van der Waals surface area contributed by atoms with Crippen LogP contribution in [0.3, 0.4) is 0 Å². The van der Waals surface area contributed by atoms with Crippen LogP contribution in [0, 0.1) is 11.8 Å². The van der Waals surface area contributed by atoms with Crippen LogP contribution in [0.1, 0.15) is 50.8 Å². The molecule has 1 fully saturated rings. The molecule has 0 atom stereocenters. The van der Waals surface area contributed by atoms with Gasteiger partial charge in [-0.1, -0.05) is 49.4 Å². The summed E-state index contributed by atoms with van der Waals surface area (Å²) in [4.78, 5) is 28.6. The van der Waals surface area contributed by atoms with Crippen LogP contribution in [0.15, 0.2) is 33.8 Å². The Hall–Kier alpha value is -3.08. The van der Waals surface area contributed by atoms with Crippen molar-refractivity contribution in [3.63, 3.8) is 0 Å². The molecule has 1 aliphatic carbocycles. The second-order valence-corrected chi connectivity index (χ2v) is 10.6. The Bertz CT molecular complexity index is 1430. The summed E-state index contributed by atoms with van der Waals surface area (Å²) in [7, 11) is 3.37. The number of nitrogens with one attached hydrogen (secondary N) is 1. The van der Waals surface area contributed by atoms with Crippen molar-refractivity contribution in [1.29, 1.82) is 0 Å². The highest BCUT2D eigenvalue weighted by molar-refractivity contribution is 6.30. The van der Waals surface area contributed by atoms with Gasteiger partial charge in [0, 0.05) is 38.7 Å². The fraction of sp³-hybridized carbons (Fsp3) is 0.519. The van der Waals surface area contributed by atoms with Gasteiger partial charge in [-0.25, -0.2) is 14.8 Å². The van der Waals surface area contributed by atoms with Crippen LogP contribution >= 0.6 is 11.6 Å². The molecule has 38 heavy (non-hydrogen) atoms. The number of aryl methyl sites for hydroxylation is 1. The molecule has 1 N–H and O–H groups in total. The van der Waals surface area contributed by atoms with Gasteiger partial charge in [0.25, 0.3) is 0 Å². The molecule has 5 rings (SSSR count). The number of methoxy groups -OCH3 is 2. The number of nitrogens with zero attached hydrogens (tertiary/aromatic N) is 5. The van der Waals surface area contributed by atoms with Gasteiger partial charge in [-0.2, -0.15) is 0 Å². The van der Waals surface area contributed by atoms with Crippen LogP contribution in [0.2, 0.25) is 5.02 Å². The Morgan fingerprint density at radius 2 is 1.89 bits per heavy atom. The van der Waals surface area contributed by atoms with E-state index in [1.807, 2.05) is 12.1 Å². The first-order valence-electron chi connectivity index (χ1n) is 13.0. The molecular formula is C27H33ClN6O4. The lowest BCUT2D eigenvalue weighted by molar-refractivity contribution is 0.112. The fourth-order valence-electron chi connectivity index (χ4n) is 5.45. The summed E-state index contributed by atoms with van der Waals surface area (Å²) in [5, 5.41) is 4.35. The lowest BCUT2D eigenvalue weighted by Gasteiger charge is -2.27. The van der Waals surface area contributed by atoms with E-state index in [1.54, 1.807) is 26.6 Å². The number of pyridine rings is 2. The summed E-state index contributed by atoms with van der Waals surface area (Å²) < 4.78 is 18.1. The molecule has 0 radical (unpaired) electrons. The van der Waals surface area contributed by atoms with Crippen molar-refractivity contribution in [3.8, 4) is 22.8 Å². The zero-order valence-corrected chi connectivity index (χ0v) is 22.7. The van der Waals surface area contributed by atoms with Gasteiger partial charge >= 0.3 is 5.76 Å². The third-order valence-electron chi connectivity index (χ3n) is 7.41. The maximum absolute atomic E-state index is 11.7. The summed E-state index contributed by atoms with van der Waals surface area (Å²) >= 11 is 6.34. The number of imidazole rings is 1. The van der Waals surface area contributed by atoms with Crippen LogP contribution in [0.25, 0.3) is 33.8 Å².